The van der Waals surface area contributed by atoms with Gasteiger partial charge in [0.1, 0.15) is 5.82 Å². The number of likely N-dealkylation sites (tertiary alicyclic amines) is 2. The summed E-state index contributed by atoms with van der Waals surface area (Å²) in [5.74, 6) is -0.597. The largest absolute Gasteiger partial charge is 0.459 e. The molecule has 2 aliphatic rings. The standard InChI is InChI=1S/C20H21FN2O3/c21-15-7-5-14(6-8-15)16-12-23(20(25)18-4-3-11-26-18)13-17(16)19(24)22-9-1-2-10-22/h3-8,11,16-17H,1-2,9-10,12-13H2/t16-,17-/m0/s1. The zero-order valence-corrected chi connectivity index (χ0v) is 14.4. The van der Waals surface area contributed by atoms with E-state index in [1.165, 1.54) is 18.4 Å². The van der Waals surface area contributed by atoms with Gasteiger partial charge in [-0.05, 0) is 42.7 Å². The summed E-state index contributed by atoms with van der Waals surface area (Å²) in [6.07, 6.45) is 3.51. The summed E-state index contributed by atoms with van der Waals surface area (Å²) in [4.78, 5) is 29.3. The first-order valence-corrected chi connectivity index (χ1v) is 9.00. The molecule has 2 aliphatic heterocycles. The fourth-order valence-electron chi connectivity index (χ4n) is 4.00. The molecule has 2 aromatic rings. The van der Waals surface area contributed by atoms with Crippen LogP contribution in [0, 0.1) is 11.7 Å². The SMILES string of the molecule is O=C(c1ccco1)N1C[C@H](C(=O)N2CCCC2)[C@H](c2ccc(F)cc2)C1. The van der Waals surface area contributed by atoms with Crippen LogP contribution in [0.2, 0.25) is 0 Å². The van der Waals surface area contributed by atoms with E-state index in [1.807, 2.05) is 4.90 Å². The van der Waals surface area contributed by atoms with Crippen LogP contribution in [0.3, 0.4) is 0 Å². The quantitative estimate of drug-likeness (QED) is 0.850. The Balaban J connectivity index is 1.60. The van der Waals surface area contributed by atoms with Gasteiger partial charge in [-0.2, -0.15) is 0 Å². The molecule has 2 amide bonds. The highest BCUT2D eigenvalue weighted by Crippen LogP contribution is 2.35. The van der Waals surface area contributed by atoms with Crippen molar-refractivity contribution in [1.29, 1.82) is 0 Å². The van der Waals surface area contributed by atoms with Crippen LogP contribution in [0.4, 0.5) is 4.39 Å². The van der Waals surface area contributed by atoms with E-state index in [0.717, 1.165) is 31.5 Å². The number of halogens is 1. The minimum absolute atomic E-state index is 0.0894. The summed E-state index contributed by atoms with van der Waals surface area (Å²) in [5.41, 5.74) is 0.888. The number of carbonyl (C=O) groups is 2. The Hall–Kier alpha value is -2.63. The zero-order chi connectivity index (χ0) is 18.1. The summed E-state index contributed by atoms with van der Waals surface area (Å²) in [5, 5.41) is 0. The monoisotopic (exact) mass is 356 g/mol. The Morgan fingerprint density at radius 3 is 2.38 bits per heavy atom. The van der Waals surface area contributed by atoms with Crippen LogP contribution < -0.4 is 0 Å². The molecule has 0 radical (unpaired) electrons. The van der Waals surface area contributed by atoms with Gasteiger partial charge < -0.3 is 14.2 Å². The van der Waals surface area contributed by atoms with Gasteiger partial charge in [0.05, 0.1) is 12.2 Å². The Kier molecular flexibility index (Phi) is 4.49. The second kappa shape index (κ2) is 6.94. The Morgan fingerprint density at radius 1 is 1.00 bits per heavy atom. The van der Waals surface area contributed by atoms with Crippen molar-refractivity contribution in [3.05, 3.63) is 59.8 Å². The van der Waals surface area contributed by atoms with Crippen LogP contribution in [0.25, 0.3) is 0 Å². The fraction of sp³-hybridized carbons (Fsp3) is 0.400. The third-order valence-electron chi connectivity index (χ3n) is 5.37. The number of rotatable bonds is 3. The van der Waals surface area contributed by atoms with Gasteiger partial charge in [0, 0.05) is 32.1 Å². The van der Waals surface area contributed by atoms with Gasteiger partial charge in [0.15, 0.2) is 5.76 Å². The lowest BCUT2D eigenvalue weighted by atomic mass is 9.88. The molecule has 2 saturated heterocycles. The molecule has 0 saturated carbocycles. The molecule has 0 unspecified atom stereocenters. The van der Waals surface area contributed by atoms with E-state index in [9.17, 15) is 14.0 Å². The zero-order valence-electron chi connectivity index (χ0n) is 14.4. The van der Waals surface area contributed by atoms with Gasteiger partial charge in [0.25, 0.3) is 5.91 Å². The number of hydrogen-bond acceptors (Lipinski definition) is 3. The molecule has 136 valence electrons. The van der Waals surface area contributed by atoms with Crippen LogP contribution in [-0.4, -0.2) is 47.8 Å². The van der Waals surface area contributed by atoms with Crippen molar-refractivity contribution < 1.29 is 18.4 Å². The van der Waals surface area contributed by atoms with Crippen LogP contribution in [0.1, 0.15) is 34.9 Å². The van der Waals surface area contributed by atoms with Crippen LogP contribution in [0.15, 0.2) is 47.1 Å². The molecule has 5 nitrogen and oxygen atoms in total. The molecule has 2 fully saturated rings. The number of benzene rings is 1. The predicted octanol–water partition coefficient (Wildman–Crippen LogP) is 2.90. The highest BCUT2D eigenvalue weighted by molar-refractivity contribution is 5.92. The molecule has 4 rings (SSSR count). The maximum atomic E-state index is 13.3. The average Bonchev–Trinajstić information content (AvgIpc) is 3.42. The lowest BCUT2D eigenvalue weighted by Crippen LogP contribution is -2.37. The second-order valence-corrected chi connectivity index (χ2v) is 6.98. The molecular formula is C20H21FN2O3. The molecular weight excluding hydrogens is 335 g/mol. The first-order valence-electron chi connectivity index (χ1n) is 9.00. The van der Waals surface area contributed by atoms with Crippen LogP contribution in [0.5, 0.6) is 0 Å². The van der Waals surface area contributed by atoms with Crippen molar-refractivity contribution in [3.8, 4) is 0 Å². The van der Waals surface area contributed by atoms with Gasteiger partial charge in [-0.25, -0.2) is 4.39 Å². The summed E-state index contributed by atoms with van der Waals surface area (Å²) < 4.78 is 18.5. The van der Waals surface area contributed by atoms with Crippen molar-refractivity contribution in [2.45, 2.75) is 18.8 Å². The number of hydrogen-bond donors (Lipinski definition) is 0. The van der Waals surface area contributed by atoms with E-state index in [0.29, 0.717) is 13.1 Å². The molecule has 3 heterocycles. The van der Waals surface area contributed by atoms with Crippen LogP contribution in [-0.2, 0) is 4.79 Å². The third-order valence-corrected chi connectivity index (χ3v) is 5.37. The Bertz CT molecular complexity index is 782. The number of amides is 2. The van der Waals surface area contributed by atoms with Crippen molar-refractivity contribution >= 4 is 11.8 Å². The summed E-state index contributed by atoms with van der Waals surface area (Å²) >= 11 is 0. The van der Waals surface area contributed by atoms with E-state index in [2.05, 4.69) is 0 Å². The van der Waals surface area contributed by atoms with Gasteiger partial charge >= 0.3 is 0 Å². The molecule has 1 aromatic carbocycles. The highest BCUT2D eigenvalue weighted by atomic mass is 19.1. The molecule has 1 aromatic heterocycles. The summed E-state index contributed by atoms with van der Waals surface area (Å²) in [6.45, 7) is 2.33. The van der Waals surface area contributed by atoms with Gasteiger partial charge in [-0.3, -0.25) is 9.59 Å². The van der Waals surface area contributed by atoms with Crippen molar-refractivity contribution in [3.63, 3.8) is 0 Å². The first-order chi connectivity index (χ1) is 12.6. The Labute approximate surface area is 151 Å². The maximum Gasteiger partial charge on any atom is 0.289 e. The molecule has 0 bridgehead atoms. The van der Waals surface area contributed by atoms with E-state index in [1.54, 1.807) is 29.2 Å². The molecule has 0 N–H and O–H groups in total. The topological polar surface area (TPSA) is 53.8 Å². The molecule has 26 heavy (non-hydrogen) atoms. The third kappa shape index (κ3) is 3.11. The van der Waals surface area contributed by atoms with E-state index >= 15 is 0 Å². The lowest BCUT2D eigenvalue weighted by molar-refractivity contribution is -0.134. The predicted molar refractivity (Wildman–Crippen MR) is 93.1 cm³/mol. The van der Waals surface area contributed by atoms with E-state index < -0.39 is 0 Å². The minimum Gasteiger partial charge on any atom is -0.459 e. The maximum absolute atomic E-state index is 13.3. The van der Waals surface area contributed by atoms with E-state index in [-0.39, 0.29) is 35.2 Å². The molecule has 6 heteroatoms. The van der Waals surface area contributed by atoms with Crippen LogP contribution >= 0.6 is 0 Å². The minimum atomic E-state index is -0.308. The lowest BCUT2D eigenvalue weighted by Gasteiger charge is -2.23. The molecule has 2 atom stereocenters. The fourth-order valence-corrected chi connectivity index (χ4v) is 4.00. The van der Waals surface area contributed by atoms with Crippen molar-refractivity contribution in [1.82, 2.24) is 9.80 Å². The smallest absolute Gasteiger partial charge is 0.289 e. The van der Waals surface area contributed by atoms with Gasteiger partial charge in [0.2, 0.25) is 5.91 Å². The van der Waals surface area contributed by atoms with Gasteiger partial charge in [-0.15, -0.1) is 0 Å². The number of carbonyl (C=O) groups excluding carboxylic acids is 2. The van der Waals surface area contributed by atoms with Crippen molar-refractivity contribution in [2.75, 3.05) is 26.2 Å². The van der Waals surface area contributed by atoms with Crippen molar-refractivity contribution in [2.24, 2.45) is 5.92 Å². The first kappa shape index (κ1) is 16.8. The Morgan fingerprint density at radius 2 is 1.73 bits per heavy atom. The summed E-state index contributed by atoms with van der Waals surface area (Å²) in [6, 6.07) is 9.54. The number of nitrogens with zero attached hydrogens (tertiary/aromatic N) is 2. The second-order valence-electron chi connectivity index (χ2n) is 6.98. The normalized spacial score (nSPS) is 22.8. The highest BCUT2D eigenvalue weighted by Gasteiger charge is 2.43. The number of furan rings is 1. The average molecular weight is 356 g/mol. The van der Waals surface area contributed by atoms with Gasteiger partial charge in [-0.1, -0.05) is 12.1 Å². The molecule has 0 spiro atoms. The molecule has 0 aliphatic carbocycles. The van der Waals surface area contributed by atoms with E-state index in [4.69, 9.17) is 4.42 Å². The summed E-state index contributed by atoms with van der Waals surface area (Å²) in [7, 11) is 0.